The van der Waals surface area contributed by atoms with E-state index in [1.54, 1.807) is 19.1 Å². The SMILES string of the molecule is C=C(C)C(=O)OC1(CC)CCCc2cc(F)ccc21. The first-order valence-corrected chi connectivity index (χ1v) is 6.66. The predicted molar refractivity (Wildman–Crippen MR) is 72.2 cm³/mol. The number of esters is 1. The van der Waals surface area contributed by atoms with Gasteiger partial charge in [0.15, 0.2) is 0 Å². The van der Waals surface area contributed by atoms with Gasteiger partial charge in [0.2, 0.25) is 0 Å². The Morgan fingerprint density at radius 3 is 2.89 bits per heavy atom. The highest BCUT2D eigenvalue weighted by Crippen LogP contribution is 2.41. The molecule has 102 valence electrons. The molecule has 0 amide bonds. The van der Waals surface area contributed by atoms with Crippen molar-refractivity contribution >= 4 is 5.97 Å². The summed E-state index contributed by atoms with van der Waals surface area (Å²) in [7, 11) is 0. The van der Waals surface area contributed by atoms with Crippen LogP contribution in [0.3, 0.4) is 0 Å². The average Bonchev–Trinajstić information content (AvgIpc) is 2.38. The Balaban J connectivity index is 2.42. The topological polar surface area (TPSA) is 26.3 Å². The van der Waals surface area contributed by atoms with E-state index in [0.29, 0.717) is 12.0 Å². The van der Waals surface area contributed by atoms with Gasteiger partial charge in [-0.3, -0.25) is 0 Å². The Hall–Kier alpha value is -1.64. The molecule has 1 atom stereocenters. The van der Waals surface area contributed by atoms with E-state index in [-0.39, 0.29) is 11.8 Å². The summed E-state index contributed by atoms with van der Waals surface area (Å²) in [5.74, 6) is -0.615. The number of hydrogen-bond donors (Lipinski definition) is 0. The third-order valence-electron chi connectivity index (χ3n) is 3.79. The molecule has 0 radical (unpaired) electrons. The fourth-order valence-electron chi connectivity index (χ4n) is 2.72. The van der Waals surface area contributed by atoms with Gasteiger partial charge in [0, 0.05) is 5.57 Å². The number of rotatable bonds is 3. The Kier molecular flexibility index (Phi) is 3.74. The van der Waals surface area contributed by atoms with Crippen LogP contribution in [-0.4, -0.2) is 5.97 Å². The second-order valence-electron chi connectivity index (χ2n) is 5.17. The maximum atomic E-state index is 13.3. The van der Waals surface area contributed by atoms with Crippen molar-refractivity contribution in [1.29, 1.82) is 0 Å². The van der Waals surface area contributed by atoms with Gasteiger partial charge in [0.05, 0.1) is 0 Å². The number of aryl methyl sites for hydroxylation is 1. The van der Waals surface area contributed by atoms with E-state index in [2.05, 4.69) is 6.58 Å². The molecule has 0 spiro atoms. The molecule has 1 aliphatic carbocycles. The van der Waals surface area contributed by atoms with Crippen LogP contribution in [-0.2, 0) is 21.6 Å². The minimum atomic E-state index is -0.628. The molecule has 1 aromatic rings. The molecule has 3 heteroatoms. The standard InChI is InChI=1S/C16H19FO2/c1-4-16(19-15(18)11(2)3)9-5-6-12-10-13(17)7-8-14(12)16/h7-8,10H,2,4-6,9H2,1,3H3. The van der Waals surface area contributed by atoms with Crippen LogP contribution < -0.4 is 0 Å². The summed E-state index contributed by atoms with van der Waals surface area (Å²) in [4.78, 5) is 11.9. The number of carbonyl (C=O) groups is 1. The first kappa shape index (κ1) is 13.8. The maximum Gasteiger partial charge on any atom is 0.333 e. The van der Waals surface area contributed by atoms with Crippen LogP contribution in [0.1, 0.15) is 44.2 Å². The van der Waals surface area contributed by atoms with Gasteiger partial charge in [-0.2, -0.15) is 0 Å². The summed E-state index contributed by atoms with van der Waals surface area (Å²) in [6, 6.07) is 4.73. The van der Waals surface area contributed by atoms with E-state index in [0.717, 1.165) is 30.4 Å². The molecule has 0 aliphatic heterocycles. The number of benzene rings is 1. The second-order valence-corrected chi connectivity index (χ2v) is 5.17. The molecular weight excluding hydrogens is 243 g/mol. The normalized spacial score (nSPS) is 21.6. The van der Waals surface area contributed by atoms with Crippen LogP contribution in [0.2, 0.25) is 0 Å². The second kappa shape index (κ2) is 5.16. The minimum absolute atomic E-state index is 0.239. The van der Waals surface area contributed by atoms with Crippen LogP contribution in [0.25, 0.3) is 0 Å². The third-order valence-corrected chi connectivity index (χ3v) is 3.79. The molecule has 0 N–H and O–H groups in total. The maximum absolute atomic E-state index is 13.3. The van der Waals surface area contributed by atoms with E-state index in [4.69, 9.17) is 4.74 Å². The molecule has 0 saturated carbocycles. The lowest BCUT2D eigenvalue weighted by atomic mass is 9.77. The highest BCUT2D eigenvalue weighted by atomic mass is 19.1. The minimum Gasteiger partial charge on any atom is -0.451 e. The van der Waals surface area contributed by atoms with Gasteiger partial charge in [-0.15, -0.1) is 0 Å². The van der Waals surface area contributed by atoms with Gasteiger partial charge in [0.1, 0.15) is 11.4 Å². The summed E-state index contributed by atoms with van der Waals surface area (Å²) in [6.45, 7) is 7.25. The number of fused-ring (bicyclic) bond motifs is 1. The Morgan fingerprint density at radius 2 is 2.26 bits per heavy atom. The molecule has 0 saturated heterocycles. The number of ether oxygens (including phenoxy) is 1. The lowest BCUT2D eigenvalue weighted by Gasteiger charge is -2.38. The van der Waals surface area contributed by atoms with Gasteiger partial charge in [-0.25, -0.2) is 9.18 Å². The van der Waals surface area contributed by atoms with Crippen molar-refractivity contribution < 1.29 is 13.9 Å². The summed E-state index contributed by atoms with van der Waals surface area (Å²) < 4.78 is 19.0. The van der Waals surface area contributed by atoms with Crippen LogP contribution in [0, 0.1) is 5.82 Å². The zero-order valence-electron chi connectivity index (χ0n) is 11.5. The molecule has 0 fully saturated rings. The first-order valence-electron chi connectivity index (χ1n) is 6.66. The number of halogens is 1. The molecule has 1 unspecified atom stereocenters. The zero-order chi connectivity index (χ0) is 14.0. The Bertz CT molecular complexity index is 521. The average molecular weight is 262 g/mol. The Labute approximate surface area is 113 Å². The Morgan fingerprint density at radius 1 is 1.53 bits per heavy atom. The molecular formula is C16H19FO2. The summed E-state index contributed by atoms with van der Waals surface area (Å²) >= 11 is 0. The van der Waals surface area contributed by atoms with Crippen molar-refractivity contribution in [3.05, 3.63) is 47.3 Å². The van der Waals surface area contributed by atoms with E-state index < -0.39 is 5.60 Å². The molecule has 0 bridgehead atoms. The predicted octanol–water partition coefficient (Wildman–Crippen LogP) is 3.89. The van der Waals surface area contributed by atoms with Crippen LogP contribution >= 0.6 is 0 Å². The molecule has 0 heterocycles. The first-order chi connectivity index (χ1) is 8.98. The molecule has 2 nitrogen and oxygen atoms in total. The summed E-state index contributed by atoms with van der Waals surface area (Å²) in [6.07, 6.45) is 3.19. The molecule has 2 rings (SSSR count). The lowest BCUT2D eigenvalue weighted by Crippen LogP contribution is -2.35. The van der Waals surface area contributed by atoms with E-state index >= 15 is 0 Å². The number of carbonyl (C=O) groups excluding carboxylic acids is 1. The smallest absolute Gasteiger partial charge is 0.333 e. The van der Waals surface area contributed by atoms with Crippen molar-refractivity contribution in [1.82, 2.24) is 0 Å². The zero-order valence-corrected chi connectivity index (χ0v) is 11.5. The van der Waals surface area contributed by atoms with Crippen molar-refractivity contribution in [3.63, 3.8) is 0 Å². The molecule has 1 aliphatic rings. The summed E-state index contributed by atoms with van der Waals surface area (Å²) in [5.41, 5.74) is 1.65. The lowest BCUT2D eigenvalue weighted by molar-refractivity contribution is -0.158. The van der Waals surface area contributed by atoms with E-state index in [1.807, 2.05) is 6.92 Å². The number of hydrogen-bond acceptors (Lipinski definition) is 2. The highest BCUT2D eigenvalue weighted by Gasteiger charge is 2.38. The highest BCUT2D eigenvalue weighted by molar-refractivity contribution is 5.87. The molecule has 1 aromatic carbocycles. The van der Waals surface area contributed by atoms with E-state index in [9.17, 15) is 9.18 Å². The van der Waals surface area contributed by atoms with E-state index in [1.165, 1.54) is 6.07 Å². The third kappa shape index (κ3) is 2.55. The van der Waals surface area contributed by atoms with Crippen molar-refractivity contribution in [2.24, 2.45) is 0 Å². The van der Waals surface area contributed by atoms with Crippen molar-refractivity contribution in [3.8, 4) is 0 Å². The van der Waals surface area contributed by atoms with Crippen molar-refractivity contribution in [2.45, 2.75) is 45.1 Å². The molecule has 19 heavy (non-hydrogen) atoms. The van der Waals surface area contributed by atoms with Gasteiger partial charge < -0.3 is 4.74 Å². The summed E-state index contributed by atoms with van der Waals surface area (Å²) in [5, 5.41) is 0. The van der Waals surface area contributed by atoms with Crippen LogP contribution in [0.5, 0.6) is 0 Å². The fourth-order valence-corrected chi connectivity index (χ4v) is 2.72. The molecule has 0 aromatic heterocycles. The monoisotopic (exact) mass is 262 g/mol. The van der Waals surface area contributed by atoms with Gasteiger partial charge in [-0.1, -0.05) is 19.6 Å². The van der Waals surface area contributed by atoms with Crippen molar-refractivity contribution in [2.75, 3.05) is 0 Å². The van der Waals surface area contributed by atoms with Crippen LogP contribution in [0.4, 0.5) is 4.39 Å². The van der Waals surface area contributed by atoms with Gasteiger partial charge in [0.25, 0.3) is 0 Å². The van der Waals surface area contributed by atoms with Gasteiger partial charge >= 0.3 is 5.97 Å². The quantitative estimate of drug-likeness (QED) is 0.610. The fraction of sp³-hybridized carbons (Fsp3) is 0.438. The van der Waals surface area contributed by atoms with Gasteiger partial charge in [-0.05, 0) is 55.9 Å². The largest absolute Gasteiger partial charge is 0.451 e. The van der Waals surface area contributed by atoms with Crippen LogP contribution in [0.15, 0.2) is 30.4 Å².